The number of ether oxygens (including phenoxy) is 2. The molecule has 0 unspecified atom stereocenters. The van der Waals surface area contributed by atoms with Gasteiger partial charge in [-0.15, -0.1) is 0 Å². The van der Waals surface area contributed by atoms with Crippen molar-refractivity contribution < 1.29 is 9.47 Å². The lowest BCUT2D eigenvalue weighted by molar-refractivity contribution is 0.394. The van der Waals surface area contributed by atoms with Crippen LogP contribution in [0.25, 0.3) is 22.2 Å². The molecule has 0 saturated heterocycles. The smallest absolute Gasteiger partial charge is 0.170 e. The number of nitrogens with zero attached hydrogens (tertiary/aromatic N) is 8. The van der Waals surface area contributed by atoms with Gasteiger partial charge in [-0.2, -0.15) is 10.2 Å². The monoisotopic (exact) mass is 684 g/mol. The molecule has 8 rings (SSSR count). The minimum Gasteiger partial charge on any atom is -0.497 e. The second-order valence-corrected chi connectivity index (χ2v) is 12.4. The Bertz CT molecular complexity index is 2330. The van der Waals surface area contributed by atoms with Crippen LogP contribution in [0.15, 0.2) is 152 Å². The average Bonchev–Trinajstić information content (AvgIpc) is 3.87. The molecule has 0 N–H and O–H groups in total. The summed E-state index contributed by atoms with van der Waals surface area (Å²) in [6.07, 6.45) is 7.46. The molecule has 0 bridgehead atoms. The number of fused-ring (bicyclic) bond motifs is 1. The van der Waals surface area contributed by atoms with E-state index in [0.717, 1.165) is 44.5 Å². The molecule has 0 aliphatic rings. The molecule has 0 saturated carbocycles. The fourth-order valence-electron chi connectivity index (χ4n) is 6.73. The maximum atomic E-state index is 5.69. The molecule has 0 aliphatic carbocycles. The number of benzene rings is 4. The molecule has 0 aliphatic heterocycles. The van der Waals surface area contributed by atoms with Crippen molar-refractivity contribution in [3.8, 4) is 22.6 Å². The maximum absolute atomic E-state index is 5.69. The number of pyridine rings is 2. The van der Waals surface area contributed by atoms with E-state index in [1.807, 2.05) is 91.2 Å². The fourth-order valence-corrected chi connectivity index (χ4v) is 6.73. The van der Waals surface area contributed by atoms with Crippen LogP contribution < -0.4 is 14.4 Å². The molecule has 10 heteroatoms. The van der Waals surface area contributed by atoms with Gasteiger partial charge in [0, 0.05) is 48.8 Å². The van der Waals surface area contributed by atoms with E-state index >= 15 is 0 Å². The van der Waals surface area contributed by atoms with Crippen LogP contribution in [0.5, 0.6) is 11.5 Å². The van der Waals surface area contributed by atoms with Gasteiger partial charge in [0.1, 0.15) is 29.2 Å². The Kier molecular flexibility index (Phi) is 8.62. The molecule has 0 atom stereocenters. The van der Waals surface area contributed by atoms with Gasteiger partial charge in [-0.25, -0.2) is 14.6 Å². The molecule has 4 aromatic carbocycles. The molecule has 4 aromatic heterocycles. The summed E-state index contributed by atoms with van der Waals surface area (Å²) in [5, 5.41) is 9.59. The van der Waals surface area contributed by atoms with Crippen LogP contribution in [0, 0.1) is 0 Å². The van der Waals surface area contributed by atoms with Crippen molar-refractivity contribution in [1.29, 1.82) is 0 Å². The van der Waals surface area contributed by atoms with Gasteiger partial charge in [-0.3, -0.25) is 9.67 Å². The highest BCUT2D eigenvalue weighted by atomic mass is 16.5. The average molecular weight is 685 g/mol. The van der Waals surface area contributed by atoms with Crippen molar-refractivity contribution in [3.63, 3.8) is 0 Å². The van der Waals surface area contributed by atoms with E-state index in [-0.39, 0.29) is 0 Å². The van der Waals surface area contributed by atoms with Gasteiger partial charge >= 0.3 is 0 Å². The molecule has 52 heavy (non-hydrogen) atoms. The van der Waals surface area contributed by atoms with Crippen molar-refractivity contribution >= 4 is 22.5 Å². The zero-order valence-corrected chi connectivity index (χ0v) is 29.0. The van der Waals surface area contributed by atoms with Crippen LogP contribution in [0.3, 0.4) is 0 Å². The first kappa shape index (κ1) is 32.4. The number of hydrogen-bond donors (Lipinski definition) is 0. The number of rotatable bonds is 11. The summed E-state index contributed by atoms with van der Waals surface area (Å²) in [5.74, 6) is 2.58. The number of methoxy groups -OCH3 is 2. The highest BCUT2D eigenvalue weighted by Gasteiger charge is 2.39. The van der Waals surface area contributed by atoms with Gasteiger partial charge in [0.2, 0.25) is 0 Å². The minimum absolute atomic E-state index is 0.298. The Morgan fingerprint density at radius 3 is 1.83 bits per heavy atom. The molecular formula is C42H36N8O2. The SMILES string of the molecule is COc1cc(OC)cc(N(Cc2ncn(C(c3ccccc3)(c3ccccc3)c3ccccc3)n2)c2ccc3ncc(-c4cnn(C)c4)cc3n2)c1. The zero-order valence-electron chi connectivity index (χ0n) is 29.0. The molecule has 0 amide bonds. The van der Waals surface area contributed by atoms with Crippen LogP contribution in [0.2, 0.25) is 0 Å². The first-order valence-corrected chi connectivity index (χ1v) is 16.9. The quantitative estimate of drug-likeness (QED) is 0.127. The normalized spacial score (nSPS) is 11.4. The molecule has 0 radical (unpaired) electrons. The molecule has 256 valence electrons. The van der Waals surface area contributed by atoms with E-state index in [4.69, 9.17) is 29.5 Å². The second-order valence-electron chi connectivity index (χ2n) is 12.4. The predicted molar refractivity (Wildman–Crippen MR) is 202 cm³/mol. The van der Waals surface area contributed by atoms with E-state index in [1.165, 1.54) is 0 Å². The second kappa shape index (κ2) is 13.8. The van der Waals surface area contributed by atoms with E-state index in [1.54, 1.807) is 18.9 Å². The maximum Gasteiger partial charge on any atom is 0.170 e. The zero-order chi connectivity index (χ0) is 35.5. The van der Waals surface area contributed by atoms with Crippen molar-refractivity contribution in [1.82, 2.24) is 34.5 Å². The molecule has 4 heterocycles. The predicted octanol–water partition coefficient (Wildman–Crippen LogP) is 7.82. The lowest BCUT2D eigenvalue weighted by atomic mass is 9.77. The molecular weight excluding hydrogens is 649 g/mol. The molecule has 8 aromatic rings. The minimum atomic E-state index is -0.797. The van der Waals surface area contributed by atoms with Gasteiger partial charge < -0.3 is 14.4 Å². The number of aromatic nitrogens is 7. The van der Waals surface area contributed by atoms with Gasteiger partial charge in [-0.05, 0) is 34.9 Å². The first-order valence-electron chi connectivity index (χ1n) is 16.9. The summed E-state index contributed by atoms with van der Waals surface area (Å²) in [7, 11) is 5.18. The van der Waals surface area contributed by atoms with Gasteiger partial charge in [0.05, 0.1) is 43.7 Å². The summed E-state index contributed by atoms with van der Waals surface area (Å²) in [6.45, 7) is 0.298. The highest BCUT2D eigenvalue weighted by molar-refractivity contribution is 5.82. The van der Waals surface area contributed by atoms with Crippen LogP contribution in [-0.4, -0.2) is 48.7 Å². The van der Waals surface area contributed by atoms with E-state index in [0.29, 0.717) is 29.7 Å². The Morgan fingerprint density at radius 1 is 0.654 bits per heavy atom. The Labute approximate surface area is 301 Å². The van der Waals surface area contributed by atoms with E-state index in [2.05, 4.69) is 82.8 Å². The Hall–Kier alpha value is -6.81. The van der Waals surface area contributed by atoms with Crippen LogP contribution in [0.1, 0.15) is 22.5 Å². The van der Waals surface area contributed by atoms with Crippen LogP contribution >= 0.6 is 0 Å². The van der Waals surface area contributed by atoms with Gasteiger partial charge in [-0.1, -0.05) is 91.0 Å². The van der Waals surface area contributed by atoms with Crippen molar-refractivity contribution in [3.05, 3.63) is 175 Å². The van der Waals surface area contributed by atoms with Crippen molar-refractivity contribution in [2.24, 2.45) is 7.05 Å². The molecule has 10 nitrogen and oxygen atoms in total. The highest BCUT2D eigenvalue weighted by Crippen LogP contribution is 2.40. The number of aryl methyl sites for hydroxylation is 1. The molecule has 0 spiro atoms. The molecule has 0 fully saturated rings. The third-order valence-electron chi connectivity index (χ3n) is 9.24. The Morgan fingerprint density at radius 2 is 1.27 bits per heavy atom. The lowest BCUT2D eigenvalue weighted by Gasteiger charge is -2.36. The summed E-state index contributed by atoms with van der Waals surface area (Å²) in [6, 6.07) is 43.0. The number of anilines is 2. The van der Waals surface area contributed by atoms with Crippen molar-refractivity contribution in [2.45, 2.75) is 12.1 Å². The van der Waals surface area contributed by atoms with E-state index in [9.17, 15) is 0 Å². The first-order chi connectivity index (χ1) is 25.5. The van der Waals surface area contributed by atoms with Crippen LogP contribution in [0.4, 0.5) is 11.5 Å². The van der Waals surface area contributed by atoms with Gasteiger partial charge in [0.25, 0.3) is 0 Å². The summed E-state index contributed by atoms with van der Waals surface area (Å²) >= 11 is 0. The van der Waals surface area contributed by atoms with Crippen molar-refractivity contribution in [2.75, 3.05) is 19.1 Å². The summed E-state index contributed by atoms with van der Waals surface area (Å²) in [4.78, 5) is 16.9. The topological polar surface area (TPSA) is 96.0 Å². The lowest BCUT2D eigenvalue weighted by Crippen LogP contribution is -2.38. The number of hydrogen-bond acceptors (Lipinski definition) is 8. The standard InChI is InChI=1S/C42H36N8O2/c1-48-27-31(26-45-48)30-21-39-38(43-25-30)19-20-41(46-39)49(35-22-36(51-2)24-37(23-35)52-3)28-40-44-29-50(47-40)42(32-13-7-4-8-14-32,33-15-9-5-10-16-33)34-17-11-6-12-18-34/h4-27,29H,28H2,1-3H3. The third-order valence-corrected chi connectivity index (χ3v) is 9.24. The third kappa shape index (κ3) is 6.00. The van der Waals surface area contributed by atoms with E-state index < -0.39 is 5.54 Å². The summed E-state index contributed by atoms with van der Waals surface area (Å²) in [5.41, 5.74) is 6.61. The Balaban J connectivity index is 1.27. The fraction of sp³-hybridized carbons (Fsp3) is 0.119. The summed E-state index contributed by atoms with van der Waals surface area (Å²) < 4.78 is 15.1. The van der Waals surface area contributed by atoms with Gasteiger partial charge in [0.15, 0.2) is 5.82 Å². The van der Waals surface area contributed by atoms with Crippen LogP contribution in [-0.2, 0) is 19.1 Å². The largest absolute Gasteiger partial charge is 0.497 e.